The van der Waals surface area contributed by atoms with E-state index in [-0.39, 0.29) is 29.4 Å². The second-order valence-corrected chi connectivity index (χ2v) is 6.03. The lowest BCUT2D eigenvalue weighted by molar-refractivity contribution is -0.294. The van der Waals surface area contributed by atoms with Gasteiger partial charge in [0.1, 0.15) is 5.92 Å². The Labute approximate surface area is 164 Å². The van der Waals surface area contributed by atoms with Crippen molar-refractivity contribution < 1.29 is 46.8 Å². The fourth-order valence-corrected chi connectivity index (χ4v) is 3.10. The van der Waals surface area contributed by atoms with Crippen LogP contribution in [0.5, 0.6) is 17.2 Å². The van der Waals surface area contributed by atoms with Gasteiger partial charge in [0.25, 0.3) is 5.72 Å². The van der Waals surface area contributed by atoms with Crippen LogP contribution in [0.1, 0.15) is 18.5 Å². The minimum Gasteiger partial charge on any atom is -0.493 e. The highest BCUT2D eigenvalue weighted by Gasteiger charge is 2.67. The highest BCUT2D eigenvalue weighted by molar-refractivity contribution is 5.83. The number of carbonyl (C=O) groups is 2. The lowest BCUT2D eigenvalue weighted by atomic mass is 9.81. The zero-order valence-corrected chi connectivity index (χ0v) is 16.0. The summed E-state index contributed by atoms with van der Waals surface area (Å²) in [6.07, 6.45) is -5.37. The van der Waals surface area contributed by atoms with E-state index in [1.165, 1.54) is 45.7 Å². The third-order valence-corrected chi connectivity index (χ3v) is 4.39. The summed E-state index contributed by atoms with van der Waals surface area (Å²) in [5.74, 6) is -3.32. The maximum atomic E-state index is 13.7. The number of carbonyl (C=O) groups excluding carboxylic acids is 2. The number of ether oxygens (including phenoxy) is 4. The molecule has 1 aliphatic rings. The molecular weight excluding hydrogens is 401 g/mol. The molecule has 1 aliphatic heterocycles. The summed E-state index contributed by atoms with van der Waals surface area (Å²) in [7, 11) is 3.91. The highest BCUT2D eigenvalue weighted by atomic mass is 19.4. The fraction of sp³-hybridized carbons (Fsp3) is 0.529. The normalized spacial score (nSPS) is 24.2. The maximum Gasteiger partial charge on any atom is 0.437 e. The average molecular weight is 422 g/mol. The summed E-state index contributed by atoms with van der Waals surface area (Å²) >= 11 is 0. The summed E-state index contributed by atoms with van der Waals surface area (Å²) < 4.78 is 61.3. The van der Waals surface area contributed by atoms with Crippen LogP contribution < -0.4 is 24.8 Å². The van der Waals surface area contributed by atoms with Crippen LogP contribution in [0.25, 0.3) is 0 Å². The Morgan fingerprint density at radius 2 is 1.72 bits per heavy atom. The van der Waals surface area contributed by atoms with Crippen molar-refractivity contribution in [3.63, 3.8) is 0 Å². The molecule has 0 aliphatic carbocycles. The van der Waals surface area contributed by atoms with E-state index in [9.17, 15) is 27.9 Å². The fourth-order valence-electron chi connectivity index (χ4n) is 3.10. The van der Waals surface area contributed by atoms with Crippen molar-refractivity contribution in [2.24, 2.45) is 5.92 Å². The SMILES string of the molecule is CCOC(=O)[C@@H]1[C@H](c2cc(OC)c(OC)c(OC)c2)NC(=O)N[C@]1(O)C(F)(F)F. The largest absolute Gasteiger partial charge is 0.493 e. The van der Waals surface area contributed by atoms with Crippen molar-refractivity contribution in [3.8, 4) is 17.2 Å². The summed E-state index contributed by atoms with van der Waals surface area (Å²) in [6, 6.07) is -0.423. The van der Waals surface area contributed by atoms with E-state index >= 15 is 0 Å². The van der Waals surface area contributed by atoms with Crippen molar-refractivity contribution in [2.45, 2.75) is 24.9 Å². The number of urea groups is 1. The second-order valence-electron chi connectivity index (χ2n) is 6.03. The van der Waals surface area contributed by atoms with Crippen LogP contribution in [0.3, 0.4) is 0 Å². The number of esters is 1. The van der Waals surface area contributed by atoms with Gasteiger partial charge in [-0.1, -0.05) is 0 Å². The van der Waals surface area contributed by atoms with Crippen LogP contribution in [0.2, 0.25) is 0 Å². The van der Waals surface area contributed by atoms with Crippen molar-refractivity contribution >= 4 is 12.0 Å². The van der Waals surface area contributed by atoms with Crippen LogP contribution in [0.4, 0.5) is 18.0 Å². The summed E-state index contributed by atoms with van der Waals surface area (Å²) in [5.41, 5.74) is -3.87. The molecule has 1 aromatic rings. The molecule has 0 unspecified atom stereocenters. The first-order valence-corrected chi connectivity index (χ1v) is 8.38. The number of hydrogen-bond acceptors (Lipinski definition) is 7. The number of methoxy groups -OCH3 is 3. The van der Waals surface area contributed by atoms with E-state index < -0.39 is 35.9 Å². The summed E-state index contributed by atoms with van der Waals surface area (Å²) in [6.45, 7) is 1.16. The number of nitrogens with one attached hydrogen (secondary N) is 2. The van der Waals surface area contributed by atoms with Gasteiger partial charge in [-0.05, 0) is 24.6 Å². The van der Waals surface area contributed by atoms with Gasteiger partial charge in [0, 0.05) is 0 Å². The molecule has 0 saturated carbocycles. The first-order valence-electron chi connectivity index (χ1n) is 8.38. The number of halogens is 3. The van der Waals surface area contributed by atoms with Crippen molar-refractivity contribution in [3.05, 3.63) is 17.7 Å². The number of aliphatic hydroxyl groups is 1. The molecule has 2 rings (SSSR count). The monoisotopic (exact) mass is 422 g/mol. The van der Waals surface area contributed by atoms with E-state index in [1.807, 2.05) is 0 Å². The Morgan fingerprint density at radius 3 is 2.14 bits per heavy atom. The van der Waals surface area contributed by atoms with E-state index in [1.54, 1.807) is 0 Å². The van der Waals surface area contributed by atoms with Gasteiger partial charge in [-0.3, -0.25) is 4.79 Å². The maximum absolute atomic E-state index is 13.7. The zero-order chi connectivity index (χ0) is 22.0. The van der Waals surface area contributed by atoms with E-state index in [4.69, 9.17) is 18.9 Å². The molecule has 9 nitrogen and oxygen atoms in total. The molecule has 3 N–H and O–H groups in total. The molecule has 0 radical (unpaired) electrons. The Kier molecular flexibility index (Phi) is 6.36. The number of amides is 2. The van der Waals surface area contributed by atoms with Gasteiger partial charge in [-0.25, -0.2) is 4.79 Å². The molecule has 3 atom stereocenters. The van der Waals surface area contributed by atoms with Crippen LogP contribution in [0, 0.1) is 5.92 Å². The molecule has 12 heteroatoms. The lowest BCUT2D eigenvalue weighted by Gasteiger charge is -2.44. The molecule has 0 spiro atoms. The topological polar surface area (TPSA) is 115 Å². The van der Waals surface area contributed by atoms with Gasteiger partial charge < -0.3 is 34.7 Å². The first-order chi connectivity index (χ1) is 13.5. The predicted octanol–water partition coefficient (Wildman–Crippen LogP) is 1.50. The van der Waals surface area contributed by atoms with Gasteiger partial charge in [-0.2, -0.15) is 13.2 Å². The van der Waals surface area contributed by atoms with Crippen LogP contribution in [-0.4, -0.2) is 56.9 Å². The minimum atomic E-state index is -5.37. The summed E-state index contributed by atoms with van der Waals surface area (Å²) in [5, 5.41) is 14.0. The Morgan fingerprint density at radius 1 is 1.17 bits per heavy atom. The molecule has 0 bridgehead atoms. The molecule has 1 saturated heterocycles. The van der Waals surface area contributed by atoms with Crippen LogP contribution in [0.15, 0.2) is 12.1 Å². The van der Waals surface area contributed by atoms with E-state index in [0.29, 0.717) is 0 Å². The standard InChI is InChI=1S/C17H21F3N2O7/c1-5-29-14(23)11-12(21-15(24)22-16(11,25)17(18,19)20)8-6-9(26-2)13(28-4)10(7-8)27-3/h6-7,11-12,25H,5H2,1-4H3,(H2,21,22,24)/t11-,12-,16+/m0/s1. The van der Waals surface area contributed by atoms with Gasteiger partial charge in [-0.15, -0.1) is 0 Å². The molecule has 162 valence electrons. The van der Waals surface area contributed by atoms with Gasteiger partial charge in [0.2, 0.25) is 5.75 Å². The van der Waals surface area contributed by atoms with Gasteiger partial charge >= 0.3 is 18.2 Å². The number of rotatable bonds is 6. The number of benzene rings is 1. The third-order valence-electron chi connectivity index (χ3n) is 4.39. The number of hydrogen-bond donors (Lipinski definition) is 3. The van der Waals surface area contributed by atoms with Crippen LogP contribution >= 0.6 is 0 Å². The Balaban J connectivity index is 2.70. The summed E-state index contributed by atoms with van der Waals surface area (Å²) in [4.78, 5) is 24.4. The van der Waals surface area contributed by atoms with Crippen molar-refractivity contribution in [1.29, 1.82) is 0 Å². The number of alkyl halides is 3. The quantitative estimate of drug-likeness (QED) is 0.595. The van der Waals surface area contributed by atoms with Gasteiger partial charge in [0.05, 0.1) is 34.0 Å². The predicted molar refractivity (Wildman–Crippen MR) is 91.6 cm³/mol. The second kappa shape index (κ2) is 8.23. The molecule has 1 heterocycles. The van der Waals surface area contributed by atoms with E-state index in [0.717, 1.165) is 0 Å². The van der Waals surface area contributed by atoms with E-state index in [2.05, 4.69) is 5.32 Å². The van der Waals surface area contributed by atoms with Crippen molar-refractivity contribution in [2.75, 3.05) is 27.9 Å². The average Bonchev–Trinajstić information content (AvgIpc) is 2.65. The lowest BCUT2D eigenvalue weighted by Crippen LogP contribution is -2.73. The molecule has 2 amide bonds. The molecule has 1 fully saturated rings. The molecule has 29 heavy (non-hydrogen) atoms. The molecular formula is C17H21F3N2O7. The Bertz CT molecular complexity index is 762. The smallest absolute Gasteiger partial charge is 0.437 e. The first kappa shape index (κ1) is 22.4. The minimum absolute atomic E-state index is 0.00456. The molecule has 1 aromatic carbocycles. The van der Waals surface area contributed by atoms with Crippen molar-refractivity contribution in [1.82, 2.24) is 10.6 Å². The van der Waals surface area contributed by atoms with Crippen LogP contribution in [-0.2, 0) is 9.53 Å². The third kappa shape index (κ3) is 3.97. The Hall–Kier alpha value is -2.89. The zero-order valence-electron chi connectivity index (χ0n) is 16.0. The van der Waals surface area contributed by atoms with Gasteiger partial charge in [0.15, 0.2) is 11.5 Å². The highest BCUT2D eigenvalue weighted by Crippen LogP contribution is 2.46. The molecule has 0 aromatic heterocycles.